The van der Waals surface area contributed by atoms with Crippen molar-refractivity contribution in [2.24, 2.45) is 0 Å². The molecular weight excluding hydrogens is 304 g/mol. The van der Waals surface area contributed by atoms with Gasteiger partial charge in [-0.2, -0.15) is 4.74 Å². The van der Waals surface area contributed by atoms with E-state index in [1.54, 1.807) is 0 Å². The molecule has 2 aromatic carbocycles. The molecule has 0 fully saturated rings. The monoisotopic (exact) mass is 324 g/mol. The number of benzene rings is 2. The van der Waals surface area contributed by atoms with Crippen LogP contribution in [0.4, 0.5) is 0 Å². The molecule has 0 bridgehead atoms. The van der Waals surface area contributed by atoms with Gasteiger partial charge < -0.3 is 10.0 Å². The van der Waals surface area contributed by atoms with Gasteiger partial charge in [0.1, 0.15) is 5.54 Å². The number of rotatable bonds is 3. The van der Waals surface area contributed by atoms with Gasteiger partial charge in [0.25, 0.3) is 6.17 Å². The average molecular weight is 324 g/mol. The topological polar surface area (TPSA) is 55.6 Å². The lowest BCUT2D eigenvalue weighted by Crippen LogP contribution is -2.47. The molecule has 0 saturated heterocycles. The fourth-order valence-electron chi connectivity index (χ4n) is 3.17. The summed E-state index contributed by atoms with van der Waals surface area (Å²) in [6.07, 6.45) is -0.722. The molecule has 1 heterocycles. The van der Waals surface area contributed by atoms with Gasteiger partial charge in [-0.15, -0.1) is 0 Å². The van der Waals surface area contributed by atoms with E-state index in [1.165, 1.54) is 12.0 Å². The Labute approximate surface area is 141 Å². The van der Waals surface area contributed by atoms with E-state index in [0.29, 0.717) is 5.71 Å². The van der Waals surface area contributed by atoms with Gasteiger partial charge in [-0.1, -0.05) is 53.6 Å². The third-order valence-electron chi connectivity index (χ3n) is 4.17. The van der Waals surface area contributed by atoms with Crippen LogP contribution in [-0.4, -0.2) is 27.0 Å². The fourth-order valence-corrected chi connectivity index (χ4v) is 3.17. The Bertz CT molecular complexity index is 770. The van der Waals surface area contributed by atoms with E-state index < -0.39 is 17.7 Å². The largest absolute Gasteiger partial charge is 0.622 e. The van der Waals surface area contributed by atoms with Gasteiger partial charge in [0.2, 0.25) is 5.71 Å². The van der Waals surface area contributed by atoms with Gasteiger partial charge in [-0.05, 0) is 26.0 Å². The van der Waals surface area contributed by atoms with Crippen LogP contribution in [0, 0.1) is 5.21 Å². The zero-order chi connectivity index (χ0) is 17.3. The second-order valence-electron chi connectivity index (χ2n) is 6.29. The van der Waals surface area contributed by atoms with Crippen LogP contribution in [0.5, 0.6) is 0 Å². The van der Waals surface area contributed by atoms with E-state index in [-0.39, 0.29) is 0 Å². The second-order valence-corrected chi connectivity index (χ2v) is 6.29. The highest BCUT2D eigenvalue weighted by molar-refractivity contribution is 6.04. The maximum atomic E-state index is 13.2. The summed E-state index contributed by atoms with van der Waals surface area (Å²) in [4.78, 5) is 17.1. The molecule has 0 aliphatic carbocycles. The van der Waals surface area contributed by atoms with Gasteiger partial charge in [0.05, 0.1) is 0 Å². The van der Waals surface area contributed by atoms with Crippen molar-refractivity contribution in [3.8, 4) is 0 Å². The molecule has 124 valence electrons. The summed E-state index contributed by atoms with van der Waals surface area (Å²) in [5.74, 6) is -0.452. The zero-order valence-corrected chi connectivity index (χ0v) is 14.0. The molecule has 5 heteroatoms. The molecule has 0 radical (unpaired) electrons. The Balaban J connectivity index is 2.17. The third kappa shape index (κ3) is 2.67. The first-order valence-electron chi connectivity index (χ1n) is 7.85. The Morgan fingerprint density at radius 1 is 1.08 bits per heavy atom. The predicted octanol–water partition coefficient (Wildman–Crippen LogP) is 3.26. The number of nitrogens with zero attached hydrogens (tertiary/aromatic N) is 2. The SMILES string of the molecule is CC(=O)ON1[C@H](c2ccccc2)[N+]([O-])=C(c2ccccc2)C1(C)C. The van der Waals surface area contributed by atoms with E-state index in [9.17, 15) is 10.0 Å². The molecule has 1 aliphatic rings. The van der Waals surface area contributed by atoms with Crippen LogP contribution < -0.4 is 0 Å². The van der Waals surface area contributed by atoms with Gasteiger partial charge in [-0.25, -0.2) is 0 Å². The first kappa shape index (κ1) is 16.2. The molecule has 1 aliphatic heterocycles. The summed E-state index contributed by atoms with van der Waals surface area (Å²) in [6.45, 7) is 5.10. The summed E-state index contributed by atoms with van der Waals surface area (Å²) >= 11 is 0. The van der Waals surface area contributed by atoms with Crippen molar-refractivity contribution < 1.29 is 14.4 Å². The van der Waals surface area contributed by atoms with Gasteiger partial charge in [0.15, 0.2) is 0 Å². The molecule has 2 aromatic rings. The Morgan fingerprint density at radius 2 is 1.62 bits per heavy atom. The van der Waals surface area contributed by atoms with E-state index in [4.69, 9.17) is 4.84 Å². The summed E-state index contributed by atoms with van der Waals surface area (Å²) in [7, 11) is 0. The highest BCUT2D eigenvalue weighted by Gasteiger charge is 2.55. The lowest BCUT2D eigenvalue weighted by Gasteiger charge is -2.29. The van der Waals surface area contributed by atoms with E-state index >= 15 is 0 Å². The van der Waals surface area contributed by atoms with E-state index in [1.807, 2.05) is 74.5 Å². The van der Waals surface area contributed by atoms with Crippen molar-refractivity contribution in [1.29, 1.82) is 0 Å². The predicted molar refractivity (Wildman–Crippen MR) is 91.0 cm³/mol. The first-order valence-corrected chi connectivity index (χ1v) is 7.85. The molecule has 1 atom stereocenters. The van der Waals surface area contributed by atoms with Crippen molar-refractivity contribution in [3.63, 3.8) is 0 Å². The molecule has 0 spiro atoms. The van der Waals surface area contributed by atoms with Crippen molar-refractivity contribution in [2.75, 3.05) is 0 Å². The fraction of sp³-hybridized carbons (Fsp3) is 0.263. The van der Waals surface area contributed by atoms with Gasteiger partial charge in [-0.3, -0.25) is 4.79 Å². The molecule has 0 amide bonds. The summed E-state index contributed by atoms with van der Waals surface area (Å²) in [5.41, 5.74) is 1.38. The minimum Gasteiger partial charge on any atom is -0.622 e. The van der Waals surface area contributed by atoms with E-state index in [2.05, 4.69) is 0 Å². The Kier molecular flexibility index (Phi) is 4.11. The number of carbonyl (C=O) groups is 1. The highest BCUT2D eigenvalue weighted by Crippen LogP contribution is 2.38. The second kappa shape index (κ2) is 6.09. The normalized spacial score (nSPS) is 20.2. The number of hydrogen-bond acceptors (Lipinski definition) is 4. The molecule has 0 unspecified atom stereocenters. The number of hydroxylamine groups is 3. The molecule has 0 saturated carbocycles. The van der Waals surface area contributed by atoms with Crippen molar-refractivity contribution in [3.05, 3.63) is 77.0 Å². The molecule has 0 N–H and O–H groups in total. The summed E-state index contributed by atoms with van der Waals surface area (Å²) < 4.78 is 0.938. The van der Waals surface area contributed by atoms with Crippen molar-refractivity contribution in [2.45, 2.75) is 32.5 Å². The van der Waals surface area contributed by atoms with Crippen LogP contribution in [0.25, 0.3) is 0 Å². The lowest BCUT2D eigenvalue weighted by atomic mass is 9.93. The maximum Gasteiger partial charge on any atom is 0.322 e. The highest BCUT2D eigenvalue weighted by atomic mass is 16.7. The van der Waals surface area contributed by atoms with Crippen LogP contribution >= 0.6 is 0 Å². The van der Waals surface area contributed by atoms with Crippen molar-refractivity contribution in [1.82, 2.24) is 5.06 Å². The Hall–Kier alpha value is -2.66. The molecule has 0 aromatic heterocycles. The minimum absolute atomic E-state index is 0.452. The van der Waals surface area contributed by atoms with Crippen molar-refractivity contribution >= 4 is 11.7 Å². The third-order valence-corrected chi connectivity index (χ3v) is 4.17. The standard InChI is InChI=1S/C19H20N2O3/c1-14(22)24-21-18(16-12-8-5-9-13-16)20(23)17(19(21,2)3)15-10-6-4-7-11-15/h4-13,18H,1-3H3/t18-/m1/s1. The summed E-state index contributed by atoms with van der Waals surface area (Å²) in [5, 5.41) is 14.6. The number of carbonyl (C=O) groups excluding carboxylic acids is 1. The minimum atomic E-state index is -0.769. The zero-order valence-electron chi connectivity index (χ0n) is 14.0. The lowest BCUT2D eigenvalue weighted by molar-refractivity contribution is -0.543. The average Bonchev–Trinajstić information content (AvgIpc) is 2.74. The summed E-state index contributed by atoms with van der Waals surface area (Å²) in [6, 6.07) is 18.8. The Morgan fingerprint density at radius 3 is 2.17 bits per heavy atom. The van der Waals surface area contributed by atoms with E-state index in [0.717, 1.165) is 15.9 Å². The molecular formula is C19H20N2O3. The molecule has 3 rings (SSSR count). The number of hydrogen-bond donors (Lipinski definition) is 0. The first-order chi connectivity index (χ1) is 11.4. The smallest absolute Gasteiger partial charge is 0.322 e. The quantitative estimate of drug-likeness (QED) is 0.642. The van der Waals surface area contributed by atoms with Crippen LogP contribution in [-0.2, 0) is 9.63 Å². The van der Waals surface area contributed by atoms with Gasteiger partial charge >= 0.3 is 5.97 Å². The van der Waals surface area contributed by atoms with Crippen LogP contribution in [0.2, 0.25) is 0 Å². The van der Waals surface area contributed by atoms with Crippen LogP contribution in [0.15, 0.2) is 60.7 Å². The van der Waals surface area contributed by atoms with Crippen LogP contribution in [0.3, 0.4) is 0 Å². The molecule has 5 nitrogen and oxygen atoms in total. The van der Waals surface area contributed by atoms with Crippen LogP contribution in [0.1, 0.15) is 38.1 Å². The maximum absolute atomic E-state index is 13.2. The molecule has 24 heavy (non-hydrogen) atoms. The van der Waals surface area contributed by atoms with Gasteiger partial charge in [0, 0.05) is 18.1 Å².